The van der Waals surface area contributed by atoms with E-state index in [0.717, 1.165) is 0 Å². The van der Waals surface area contributed by atoms with Crippen molar-refractivity contribution in [1.29, 1.82) is 0 Å². The first-order chi connectivity index (χ1) is 10.9. The van der Waals surface area contributed by atoms with Gasteiger partial charge >= 0.3 is 5.97 Å². The highest BCUT2D eigenvalue weighted by atomic mass is 16.5. The Hall–Kier alpha value is -2.28. The van der Waals surface area contributed by atoms with Crippen LogP contribution in [0.5, 0.6) is 11.5 Å². The fourth-order valence-corrected chi connectivity index (χ4v) is 2.59. The molecular formula is C16H21NO6. The SMILES string of the molecule is COc1ccc(OC)c(CC(=O)N2CC(C(=O)O)O[C@H](C)C2)c1. The average Bonchev–Trinajstić information content (AvgIpc) is 2.54. The first kappa shape index (κ1) is 17.1. The van der Waals surface area contributed by atoms with E-state index in [1.165, 1.54) is 12.0 Å². The van der Waals surface area contributed by atoms with Gasteiger partial charge < -0.3 is 24.2 Å². The zero-order valence-electron chi connectivity index (χ0n) is 13.4. The van der Waals surface area contributed by atoms with E-state index in [0.29, 0.717) is 23.6 Å². The molecule has 7 nitrogen and oxygen atoms in total. The minimum Gasteiger partial charge on any atom is -0.497 e. The van der Waals surface area contributed by atoms with Gasteiger partial charge in [0.15, 0.2) is 6.10 Å². The van der Waals surface area contributed by atoms with E-state index in [1.54, 1.807) is 32.2 Å². The summed E-state index contributed by atoms with van der Waals surface area (Å²) in [6.45, 7) is 2.17. The summed E-state index contributed by atoms with van der Waals surface area (Å²) in [5, 5.41) is 9.10. The summed E-state index contributed by atoms with van der Waals surface area (Å²) in [4.78, 5) is 25.2. The van der Waals surface area contributed by atoms with Gasteiger partial charge in [-0.1, -0.05) is 0 Å². The predicted octanol–water partition coefficient (Wildman–Crippen LogP) is 0.947. The van der Waals surface area contributed by atoms with E-state index < -0.39 is 12.1 Å². The van der Waals surface area contributed by atoms with E-state index in [-0.39, 0.29) is 25.0 Å². The van der Waals surface area contributed by atoms with Crippen LogP contribution in [0, 0.1) is 0 Å². The quantitative estimate of drug-likeness (QED) is 0.868. The standard InChI is InChI=1S/C16H21NO6/c1-10-8-17(9-14(23-10)16(19)20)15(18)7-11-6-12(21-2)4-5-13(11)22-3/h4-6,10,14H,7-9H2,1-3H3,(H,19,20)/t10-,14?/m1/s1. The third kappa shape index (κ3) is 4.13. The maximum atomic E-state index is 12.5. The Labute approximate surface area is 134 Å². The Kier molecular flexibility index (Phi) is 5.44. The molecule has 0 aromatic heterocycles. The molecule has 1 heterocycles. The molecule has 0 bridgehead atoms. The van der Waals surface area contributed by atoms with Crippen LogP contribution in [0.1, 0.15) is 12.5 Å². The van der Waals surface area contributed by atoms with Gasteiger partial charge in [-0.3, -0.25) is 4.79 Å². The molecule has 1 unspecified atom stereocenters. The number of hydrogen-bond donors (Lipinski definition) is 1. The van der Waals surface area contributed by atoms with Crippen LogP contribution < -0.4 is 9.47 Å². The number of carbonyl (C=O) groups is 2. The minimum absolute atomic E-state index is 0.0464. The van der Waals surface area contributed by atoms with Crippen LogP contribution in [-0.2, 0) is 20.7 Å². The number of carbonyl (C=O) groups excluding carboxylic acids is 1. The molecule has 0 aliphatic carbocycles. The Morgan fingerprint density at radius 1 is 1.30 bits per heavy atom. The number of benzene rings is 1. The molecule has 0 radical (unpaired) electrons. The third-order valence-corrected chi connectivity index (χ3v) is 3.72. The summed E-state index contributed by atoms with van der Waals surface area (Å²) < 4.78 is 15.8. The monoisotopic (exact) mass is 323 g/mol. The number of morpholine rings is 1. The molecule has 1 amide bonds. The lowest BCUT2D eigenvalue weighted by molar-refractivity contribution is -0.166. The molecule has 1 aromatic carbocycles. The molecule has 1 aliphatic rings. The van der Waals surface area contributed by atoms with E-state index in [4.69, 9.17) is 19.3 Å². The molecule has 1 saturated heterocycles. The van der Waals surface area contributed by atoms with Crippen molar-refractivity contribution in [2.75, 3.05) is 27.3 Å². The van der Waals surface area contributed by atoms with Crippen LogP contribution in [-0.4, -0.2) is 61.4 Å². The maximum absolute atomic E-state index is 12.5. The van der Waals surface area contributed by atoms with Crippen molar-refractivity contribution in [3.63, 3.8) is 0 Å². The molecule has 126 valence electrons. The predicted molar refractivity (Wildman–Crippen MR) is 81.8 cm³/mol. The topological polar surface area (TPSA) is 85.3 Å². The Bertz CT molecular complexity index is 588. The Morgan fingerprint density at radius 2 is 2.04 bits per heavy atom. The summed E-state index contributed by atoms with van der Waals surface area (Å²) in [6.07, 6.45) is -1.20. The van der Waals surface area contributed by atoms with E-state index in [1.807, 2.05) is 0 Å². The van der Waals surface area contributed by atoms with Crippen LogP contribution >= 0.6 is 0 Å². The van der Waals surface area contributed by atoms with Gasteiger partial charge in [0.05, 0.1) is 33.3 Å². The summed E-state index contributed by atoms with van der Waals surface area (Å²) in [5.74, 6) is -0.00568. The molecule has 2 atom stereocenters. The van der Waals surface area contributed by atoms with Gasteiger partial charge in [-0.05, 0) is 25.1 Å². The van der Waals surface area contributed by atoms with Crippen LogP contribution in [0.2, 0.25) is 0 Å². The first-order valence-corrected chi connectivity index (χ1v) is 7.31. The van der Waals surface area contributed by atoms with Crippen molar-refractivity contribution >= 4 is 11.9 Å². The molecule has 2 rings (SSSR count). The normalized spacial score (nSPS) is 20.9. The molecule has 1 fully saturated rings. The number of hydrogen-bond acceptors (Lipinski definition) is 5. The second kappa shape index (κ2) is 7.32. The van der Waals surface area contributed by atoms with Gasteiger partial charge in [0.1, 0.15) is 11.5 Å². The number of rotatable bonds is 5. The summed E-state index contributed by atoms with van der Waals surface area (Å²) in [6, 6.07) is 5.24. The smallest absolute Gasteiger partial charge is 0.334 e. The number of ether oxygens (including phenoxy) is 3. The van der Waals surface area contributed by atoms with Crippen molar-refractivity contribution in [3.05, 3.63) is 23.8 Å². The number of amides is 1. The highest BCUT2D eigenvalue weighted by molar-refractivity contribution is 5.81. The summed E-state index contributed by atoms with van der Waals surface area (Å²) in [7, 11) is 3.08. The Morgan fingerprint density at radius 3 is 2.65 bits per heavy atom. The lowest BCUT2D eigenvalue weighted by Crippen LogP contribution is -2.52. The lowest BCUT2D eigenvalue weighted by Gasteiger charge is -2.35. The van der Waals surface area contributed by atoms with Crippen molar-refractivity contribution in [2.24, 2.45) is 0 Å². The molecule has 7 heteroatoms. The molecule has 1 N–H and O–H groups in total. The molecule has 23 heavy (non-hydrogen) atoms. The number of nitrogens with zero attached hydrogens (tertiary/aromatic N) is 1. The molecule has 0 spiro atoms. The first-order valence-electron chi connectivity index (χ1n) is 7.31. The number of methoxy groups -OCH3 is 2. The zero-order valence-corrected chi connectivity index (χ0v) is 13.4. The van der Waals surface area contributed by atoms with Gasteiger partial charge in [-0.2, -0.15) is 0 Å². The van der Waals surface area contributed by atoms with Crippen LogP contribution in [0.25, 0.3) is 0 Å². The van der Waals surface area contributed by atoms with E-state index in [2.05, 4.69) is 0 Å². The fraction of sp³-hybridized carbons (Fsp3) is 0.500. The van der Waals surface area contributed by atoms with Crippen molar-refractivity contribution in [2.45, 2.75) is 25.6 Å². The molecular weight excluding hydrogens is 302 g/mol. The highest BCUT2D eigenvalue weighted by Crippen LogP contribution is 2.25. The third-order valence-electron chi connectivity index (χ3n) is 3.72. The van der Waals surface area contributed by atoms with Gasteiger partial charge in [0.25, 0.3) is 0 Å². The highest BCUT2D eigenvalue weighted by Gasteiger charge is 2.32. The number of carboxylic acid groups (broad SMARTS) is 1. The Balaban J connectivity index is 2.13. The summed E-state index contributed by atoms with van der Waals surface area (Å²) in [5.41, 5.74) is 0.697. The zero-order chi connectivity index (χ0) is 17.0. The molecule has 1 aliphatic heterocycles. The van der Waals surface area contributed by atoms with Crippen LogP contribution in [0.4, 0.5) is 0 Å². The molecule has 1 aromatic rings. The van der Waals surface area contributed by atoms with E-state index in [9.17, 15) is 9.59 Å². The number of aliphatic carboxylic acids is 1. The van der Waals surface area contributed by atoms with Crippen molar-refractivity contribution in [3.8, 4) is 11.5 Å². The lowest BCUT2D eigenvalue weighted by atomic mass is 10.1. The second-order valence-electron chi connectivity index (χ2n) is 5.43. The van der Waals surface area contributed by atoms with Gasteiger partial charge in [0, 0.05) is 12.1 Å². The number of carboxylic acids is 1. The van der Waals surface area contributed by atoms with Gasteiger partial charge in [0.2, 0.25) is 5.91 Å². The van der Waals surface area contributed by atoms with Crippen LogP contribution in [0.3, 0.4) is 0 Å². The molecule has 0 saturated carbocycles. The van der Waals surface area contributed by atoms with Crippen molar-refractivity contribution in [1.82, 2.24) is 4.90 Å². The summed E-state index contributed by atoms with van der Waals surface area (Å²) >= 11 is 0. The largest absolute Gasteiger partial charge is 0.497 e. The maximum Gasteiger partial charge on any atom is 0.334 e. The second-order valence-corrected chi connectivity index (χ2v) is 5.43. The average molecular weight is 323 g/mol. The van der Waals surface area contributed by atoms with Crippen LogP contribution in [0.15, 0.2) is 18.2 Å². The van der Waals surface area contributed by atoms with Gasteiger partial charge in [-0.15, -0.1) is 0 Å². The minimum atomic E-state index is -1.06. The van der Waals surface area contributed by atoms with E-state index >= 15 is 0 Å². The van der Waals surface area contributed by atoms with Gasteiger partial charge in [-0.25, -0.2) is 4.79 Å². The van der Waals surface area contributed by atoms with Crippen molar-refractivity contribution < 1.29 is 28.9 Å². The fourth-order valence-electron chi connectivity index (χ4n) is 2.59.